The van der Waals surface area contributed by atoms with E-state index in [0.717, 1.165) is 16.9 Å². The molecule has 0 spiro atoms. The van der Waals surface area contributed by atoms with Crippen molar-refractivity contribution in [3.8, 4) is 5.82 Å². The Bertz CT molecular complexity index is 634. The van der Waals surface area contributed by atoms with E-state index < -0.39 is 17.8 Å². The minimum atomic E-state index is -4.58. The molecular weight excluding hydrogens is 263 g/mol. The number of pyridine rings is 1. The van der Waals surface area contributed by atoms with Gasteiger partial charge in [0.15, 0.2) is 11.5 Å². The van der Waals surface area contributed by atoms with Crippen LogP contribution in [-0.4, -0.2) is 25.8 Å². The monoisotopic (exact) mass is 271 g/mol. The third kappa shape index (κ3) is 2.42. The molecule has 2 aromatic heterocycles. The molecule has 0 radical (unpaired) electrons. The molecule has 0 aliphatic heterocycles. The van der Waals surface area contributed by atoms with Gasteiger partial charge in [-0.3, -0.25) is 0 Å². The fourth-order valence-corrected chi connectivity index (χ4v) is 1.58. The van der Waals surface area contributed by atoms with Gasteiger partial charge in [0.2, 0.25) is 0 Å². The normalized spacial score (nSPS) is 11.6. The topological polar surface area (TPSA) is 68.0 Å². The average molecular weight is 271 g/mol. The molecule has 0 aliphatic carbocycles. The maximum absolute atomic E-state index is 12.4. The van der Waals surface area contributed by atoms with Crippen molar-refractivity contribution in [1.82, 2.24) is 14.8 Å². The van der Waals surface area contributed by atoms with Crippen LogP contribution in [0.5, 0.6) is 0 Å². The highest BCUT2D eigenvalue weighted by molar-refractivity contribution is 5.92. The molecule has 19 heavy (non-hydrogen) atoms. The molecule has 0 unspecified atom stereocenters. The molecule has 0 saturated carbocycles. The molecule has 0 bridgehead atoms. The first-order valence-electron chi connectivity index (χ1n) is 5.13. The molecule has 0 aromatic carbocycles. The first kappa shape index (κ1) is 13.1. The highest BCUT2D eigenvalue weighted by Crippen LogP contribution is 2.28. The van der Waals surface area contributed by atoms with E-state index >= 15 is 0 Å². The van der Waals surface area contributed by atoms with Crippen LogP contribution in [0.15, 0.2) is 24.5 Å². The second kappa shape index (κ2) is 4.38. The smallest absolute Gasteiger partial charge is 0.435 e. The fraction of sp³-hybridized carbons (Fsp3) is 0.182. The molecule has 1 N–H and O–H groups in total. The van der Waals surface area contributed by atoms with Crippen LogP contribution in [0.4, 0.5) is 13.2 Å². The lowest BCUT2D eigenvalue weighted by Crippen LogP contribution is -2.12. The van der Waals surface area contributed by atoms with Crippen molar-refractivity contribution >= 4 is 5.97 Å². The lowest BCUT2D eigenvalue weighted by atomic mass is 10.1. The minimum Gasteiger partial charge on any atom is -0.478 e. The Hall–Kier alpha value is -2.38. The van der Waals surface area contributed by atoms with Gasteiger partial charge < -0.3 is 5.11 Å². The quantitative estimate of drug-likeness (QED) is 0.909. The summed E-state index contributed by atoms with van der Waals surface area (Å²) in [5.41, 5.74) is -0.895. The van der Waals surface area contributed by atoms with E-state index in [9.17, 15) is 18.0 Å². The molecule has 5 nitrogen and oxygen atoms in total. The number of carbonyl (C=O) groups is 1. The van der Waals surface area contributed by atoms with Crippen molar-refractivity contribution in [3.05, 3.63) is 41.3 Å². The summed E-state index contributed by atoms with van der Waals surface area (Å²) < 4.78 is 38.1. The van der Waals surface area contributed by atoms with Crippen molar-refractivity contribution in [2.24, 2.45) is 0 Å². The summed E-state index contributed by atoms with van der Waals surface area (Å²) in [6.45, 7) is 1.53. The van der Waals surface area contributed by atoms with Crippen LogP contribution in [0.1, 0.15) is 21.6 Å². The summed E-state index contributed by atoms with van der Waals surface area (Å²) in [4.78, 5) is 14.9. The number of aryl methyl sites for hydroxylation is 1. The summed E-state index contributed by atoms with van der Waals surface area (Å²) in [5, 5.41) is 12.4. The summed E-state index contributed by atoms with van der Waals surface area (Å²) >= 11 is 0. The minimum absolute atomic E-state index is 0.150. The van der Waals surface area contributed by atoms with Crippen LogP contribution in [0.25, 0.3) is 5.82 Å². The molecule has 0 fully saturated rings. The van der Waals surface area contributed by atoms with E-state index in [-0.39, 0.29) is 11.4 Å². The van der Waals surface area contributed by atoms with Crippen LogP contribution in [0, 0.1) is 6.92 Å². The number of rotatable bonds is 2. The Labute approximate surface area is 105 Å². The lowest BCUT2D eigenvalue weighted by molar-refractivity contribution is -0.141. The maximum atomic E-state index is 12.4. The predicted octanol–water partition coefficient (Wildman–Crippen LogP) is 2.29. The zero-order chi connectivity index (χ0) is 14.2. The Balaban J connectivity index is 2.57. The second-order valence-electron chi connectivity index (χ2n) is 3.77. The molecular formula is C11H8F3N3O2. The predicted molar refractivity (Wildman–Crippen MR) is 58.1 cm³/mol. The van der Waals surface area contributed by atoms with Crippen molar-refractivity contribution in [1.29, 1.82) is 0 Å². The second-order valence-corrected chi connectivity index (χ2v) is 3.77. The third-order valence-electron chi connectivity index (χ3n) is 2.45. The zero-order valence-corrected chi connectivity index (χ0v) is 9.64. The van der Waals surface area contributed by atoms with E-state index in [2.05, 4.69) is 10.1 Å². The molecule has 2 aromatic rings. The number of aromatic carboxylic acids is 1. The summed E-state index contributed by atoms with van der Waals surface area (Å²) in [7, 11) is 0. The van der Waals surface area contributed by atoms with Crippen LogP contribution in [0.3, 0.4) is 0 Å². The number of aromatic nitrogens is 3. The molecule has 0 amide bonds. The van der Waals surface area contributed by atoms with Crippen molar-refractivity contribution in [2.75, 3.05) is 0 Å². The molecule has 0 aliphatic rings. The number of halogens is 3. The van der Waals surface area contributed by atoms with Gasteiger partial charge in [-0.1, -0.05) is 0 Å². The lowest BCUT2D eigenvalue weighted by Gasteiger charge is -2.07. The van der Waals surface area contributed by atoms with E-state index in [1.807, 2.05) is 0 Å². The number of hydrogen-bond donors (Lipinski definition) is 1. The van der Waals surface area contributed by atoms with Gasteiger partial charge in [0.25, 0.3) is 0 Å². The van der Waals surface area contributed by atoms with Crippen molar-refractivity contribution < 1.29 is 23.1 Å². The Morgan fingerprint density at radius 1 is 1.37 bits per heavy atom. The van der Waals surface area contributed by atoms with Gasteiger partial charge in [0.1, 0.15) is 5.56 Å². The summed E-state index contributed by atoms with van der Waals surface area (Å²) in [5.74, 6) is -1.42. The fourth-order valence-electron chi connectivity index (χ4n) is 1.58. The molecule has 0 atom stereocenters. The summed E-state index contributed by atoms with van der Waals surface area (Å²) in [6.07, 6.45) is -2.25. The van der Waals surface area contributed by atoms with Gasteiger partial charge >= 0.3 is 12.1 Å². The van der Waals surface area contributed by atoms with Gasteiger partial charge in [0.05, 0.1) is 0 Å². The highest BCUT2D eigenvalue weighted by Gasteiger charge is 2.34. The van der Waals surface area contributed by atoms with E-state index in [0.29, 0.717) is 5.56 Å². The highest BCUT2D eigenvalue weighted by atomic mass is 19.4. The number of hydrogen-bond acceptors (Lipinski definition) is 3. The standard InChI is InChI=1S/C11H8F3N3O2/c1-6-2-4-15-9(8(6)10(18)19)17-5-3-7(16-17)11(12,13)14/h2-5H,1H3,(H,18,19). The van der Waals surface area contributed by atoms with Crippen molar-refractivity contribution in [3.63, 3.8) is 0 Å². The van der Waals surface area contributed by atoms with Crippen LogP contribution >= 0.6 is 0 Å². The Kier molecular flexibility index (Phi) is 3.01. The van der Waals surface area contributed by atoms with Gasteiger partial charge in [-0.15, -0.1) is 0 Å². The van der Waals surface area contributed by atoms with E-state index in [4.69, 9.17) is 5.11 Å². The summed E-state index contributed by atoms with van der Waals surface area (Å²) in [6, 6.07) is 2.22. The number of carboxylic acids is 1. The number of carboxylic acid groups (broad SMARTS) is 1. The van der Waals surface area contributed by atoms with Gasteiger partial charge in [-0.05, 0) is 24.6 Å². The first-order chi connectivity index (χ1) is 8.80. The van der Waals surface area contributed by atoms with Gasteiger partial charge in [-0.25, -0.2) is 14.5 Å². The average Bonchev–Trinajstić information content (AvgIpc) is 2.76. The molecule has 100 valence electrons. The van der Waals surface area contributed by atoms with E-state index in [1.165, 1.54) is 19.2 Å². The largest absolute Gasteiger partial charge is 0.478 e. The third-order valence-corrected chi connectivity index (χ3v) is 2.45. The first-order valence-corrected chi connectivity index (χ1v) is 5.13. The Morgan fingerprint density at radius 2 is 2.05 bits per heavy atom. The molecule has 0 saturated heterocycles. The van der Waals surface area contributed by atoms with Crippen LogP contribution in [-0.2, 0) is 6.18 Å². The molecule has 8 heteroatoms. The van der Waals surface area contributed by atoms with Crippen molar-refractivity contribution in [2.45, 2.75) is 13.1 Å². The van der Waals surface area contributed by atoms with Gasteiger partial charge in [0, 0.05) is 12.4 Å². The Morgan fingerprint density at radius 3 is 2.58 bits per heavy atom. The zero-order valence-electron chi connectivity index (χ0n) is 9.64. The van der Waals surface area contributed by atoms with Crippen LogP contribution < -0.4 is 0 Å². The number of alkyl halides is 3. The number of nitrogens with zero attached hydrogens (tertiary/aromatic N) is 3. The van der Waals surface area contributed by atoms with Gasteiger partial charge in [-0.2, -0.15) is 18.3 Å². The van der Waals surface area contributed by atoms with Crippen LogP contribution in [0.2, 0.25) is 0 Å². The molecule has 2 rings (SSSR count). The SMILES string of the molecule is Cc1ccnc(-n2ccc(C(F)(F)F)n2)c1C(=O)O. The van der Waals surface area contributed by atoms with E-state index in [1.54, 1.807) is 0 Å². The molecule has 2 heterocycles. The maximum Gasteiger partial charge on any atom is 0.435 e.